The predicted octanol–water partition coefficient (Wildman–Crippen LogP) is 3.46. The average molecular weight is 353 g/mol. The molecule has 5 heteroatoms. The van der Waals surface area contributed by atoms with Gasteiger partial charge in [-0.15, -0.1) is 11.3 Å². The fourth-order valence-electron chi connectivity index (χ4n) is 3.23. The molecular weight excluding hydrogens is 330 g/mol. The Hall–Kier alpha value is -2.16. The van der Waals surface area contributed by atoms with E-state index in [0.29, 0.717) is 6.54 Å². The first kappa shape index (κ1) is 17.7. The van der Waals surface area contributed by atoms with E-state index in [2.05, 4.69) is 34.5 Å². The largest absolute Gasteiger partial charge is 0.326 e. The van der Waals surface area contributed by atoms with Gasteiger partial charge in [-0.25, -0.2) is 0 Å². The number of rotatable bonds is 4. The molecule has 2 heterocycles. The second kappa shape index (κ2) is 6.99. The number of nitriles is 1. The molecule has 0 saturated carbocycles. The number of amides is 1. The summed E-state index contributed by atoms with van der Waals surface area (Å²) in [5, 5.41) is 11.4. The first-order chi connectivity index (χ1) is 11.9. The molecule has 130 valence electrons. The Morgan fingerprint density at radius 1 is 1.36 bits per heavy atom. The third-order valence-electron chi connectivity index (χ3n) is 5.01. The van der Waals surface area contributed by atoms with E-state index in [1.54, 1.807) is 37.1 Å². The third-order valence-corrected chi connectivity index (χ3v) is 6.00. The minimum atomic E-state index is -0.803. The molecule has 0 spiro atoms. The summed E-state index contributed by atoms with van der Waals surface area (Å²) in [5.74, 6) is -0.0221. The van der Waals surface area contributed by atoms with E-state index in [4.69, 9.17) is 0 Å². The van der Waals surface area contributed by atoms with Gasteiger partial charge in [0.05, 0.1) is 18.7 Å². The van der Waals surface area contributed by atoms with Crippen LogP contribution in [-0.2, 0) is 11.2 Å². The summed E-state index contributed by atoms with van der Waals surface area (Å²) < 4.78 is 0. The summed E-state index contributed by atoms with van der Waals surface area (Å²) >= 11 is 1.79. The second-order valence-electron chi connectivity index (χ2n) is 6.96. The lowest BCUT2D eigenvalue weighted by molar-refractivity contribution is -0.134. The molecule has 0 radical (unpaired) electrons. The highest BCUT2D eigenvalue weighted by atomic mass is 32.1. The molecule has 25 heavy (non-hydrogen) atoms. The maximum absolute atomic E-state index is 12.8. The van der Waals surface area contributed by atoms with E-state index in [1.807, 2.05) is 18.2 Å². The van der Waals surface area contributed by atoms with Gasteiger partial charge < -0.3 is 4.90 Å². The van der Waals surface area contributed by atoms with Gasteiger partial charge in [0.2, 0.25) is 5.91 Å². The lowest BCUT2D eigenvalue weighted by Crippen LogP contribution is -2.49. The summed E-state index contributed by atoms with van der Waals surface area (Å²) in [5.41, 5.74) is 1.71. The number of carbonyl (C=O) groups is 1. The molecule has 1 aliphatic heterocycles. The van der Waals surface area contributed by atoms with E-state index in [-0.39, 0.29) is 11.9 Å². The van der Waals surface area contributed by atoms with Gasteiger partial charge in [0, 0.05) is 18.5 Å². The van der Waals surface area contributed by atoms with Gasteiger partial charge in [-0.1, -0.05) is 30.3 Å². The van der Waals surface area contributed by atoms with E-state index in [0.717, 1.165) is 13.0 Å². The van der Waals surface area contributed by atoms with Crippen LogP contribution in [0.25, 0.3) is 0 Å². The predicted molar refractivity (Wildman–Crippen MR) is 100 cm³/mol. The topological polar surface area (TPSA) is 47.3 Å². The first-order valence-corrected chi connectivity index (χ1v) is 9.35. The fraction of sp³-hybridized carbons (Fsp3) is 0.400. The molecule has 1 atom stereocenters. The normalized spacial score (nSPS) is 17.6. The molecule has 4 nitrogen and oxygen atoms in total. The molecule has 1 amide bonds. The van der Waals surface area contributed by atoms with Gasteiger partial charge in [-0.2, -0.15) is 5.26 Å². The van der Waals surface area contributed by atoms with Crippen LogP contribution in [0, 0.1) is 11.3 Å². The molecule has 0 N–H and O–H groups in total. The molecule has 1 unspecified atom stereocenters. The Morgan fingerprint density at radius 2 is 2.08 bits per heavy atom. The lowest BCUT2D eigenvalue weighted by atomic mass is 9.93. The van der Waals surface area contributed by atoms with Crippen molar-refractivity contribution in [2.24, 2.45) is 0 Å². The SMILES string of the molecule is CN(C(=O)CN1CCc2sccc2C1c1ccccc1)C(C)(C)C#N. The Bertz CT molecular complexity index is 791. The van der Waals surface area contributed by atoms with Crippen molar-refractivity contribution in [2.45, 2.75) is 31.8 Å². The molecule has 3 rings (SSSR count). The Morgan fingerprint density at radius 3 is 2.76 bits per heavy atom. The van der Waals surface area contributed by atoms with Crippen molar-refractivity contribution in [1.29, 1.82) is 5.26 Å². The van der Waals surface area contributed by atoms with Gasteiger partial charge >= 0.3 is 0 Å². The summed E-state index contributed by atoms with van der Waals surface area (Å²) in [6, 6.07) is 14.8. The van der Waals surface area contributed by atoms with Crippen molar-refractivity contribution >= 4 is 17.2 Å². The van der Waals surface area contributed by atoms with Crippen LogP contribution in [0.5, 0.6) is 0 Å². The van der Waals surface area contributed by atoms with E-state index in [9.17, 15) is 10.1 Å². The van der Waals surface area contributed by atoms with Crippen molar-refractivity contribution in [2.75, 3.05) is 20.1 Å². The number of benzene rings is 1. The van der Waals surface area contributed by atoms with Crippen LogP contribution in [-0.4, -0.2) is 41.4 Å². The van der Waals surface area contributed by atoms with Gasteiger partial charge in [0.25, 0.3) is 0 Å². The van der Waals surface area contributed by atoms with Crippen LogP contribution >= 0.6 is 11.3 Å². The third kappa shape index (κ3) is 3.46. The molecule has 0 fully saturated rings. The maximum Gasteiger partial charge on any atom is 0.237 e. The molecule has 0 aliphatic carbocycles. The first-order valence-electron chi connectivity index (χ1n) is 8.47. The summed E-state index contributed by atoms with van der Waals surface area (Å²) in [6.45, 7) is 4.70. The molecule has 1 aliphatic rings. The summed E-state index contributed by atoms with van der Waals surface area (Å²) in [7, 11) is 1.71. The summed E-state index contributed by atoms with van der Waals surface area (Å²) in [6.07, 6.45) is 0.967. The summed E-state index contributed by atoms with van der Waals surface area (Å²) in [4.78, 5) is 18.0. The minimum absolute atomic E-state index is 0.0221. The van der Waals surface area contributed by atoms with Gasteiger partial charge in [0.15, 0.2) is 0 Å². The monoisotopic (exact) mass is 353 g/mol. The van der Waals surface area contributed by atoms with E-state index in [1.165, 1.54) is 16.0 Å². The van der Waals surface area contributed by atoms with E-state index >= 15 is 0 Å². The minimum Gasteiger partial charge on any atom is -0.326 e. The number of likely N-dealkylation sites (N-methyl/N-ethyl adjacent to an activating group) is 1. The zero-order valence-electron chi connectivity index (χ0n) is 14.9. The van der Waals surface area contributed by atoms with E-state index < -0.39 is 5.54 Å². The fourth-order valence-corrected chi connectivity index (χ4v) is 4.13. The smallest absolute Gasteiger partial charge is 0.237 e. The Balaban J connectivity index is 1.88. The number of hydrogen-bond acceptors (Lipinski definition) is 4. The number of hydrogen-bond donors (Lipinski definition) is 0. The van der Waals surface area contributed by atoms with Crippen LogP contribution in [0.4, 0.5) is 0 Å². The van der Waals surface area contributed by atoms with Crippen molar-refractivity contribution in [3.63, 3.8) is 0 Å². The second-order valence-corrected chi connectivity index (χ2v) is 7.96. The van der Waals surface area contributed by atoms with Crippen molar-refractivity contribution in [1.82, 2.24) is 9.80 Å². The maximum atomic E-state index is 12.8. The molecule has 2 aromatic rings. The molecule has 0 saturated heterocycles. The molecule has 0 bridgehead atoms. The van der Waals surface area contributed by atoms with Gasteiger partial charge in [0.1, 0.15) is 5.54 Å². The molecule has 1 aromatic carbocycles. The number of thiophene rings is 1. The van der Waals surface area contributed by atoms with Crippen LogP contribution in [0.3, 0.4) is 0 Å². The van der Waals surface area contributed by atoms with Gasteiger partial charge in [-0.05, 0) is 42.8 Å². The van der Waals surface area contributed by atoms with Crippen LogP contribution in [0.2, 0.25) is 0 Å². The number of fused-ring (bicyclic) bond motifs is 1. The lowest BCUT2D eigenvalue weighted by Gasteiger charge is -2.38. The number of nitrogens with zero attached hydrogens (tertiary/aromatic N) is 3. The van der Waals surface area contributed by atoms with Crippen molar-refractivity contribution in [3.05, 3.63) is 57.8 Å². The van der Waals surface area contributed by atoms with Crippen LogP contribution in [0.15, 0.2) is 41.8 Å². The highest BCUT2D eigenvalue weighted by Gasteiger charge is 2.34. The zero-order chi connectivity index (χ0) is 18.0. The Labute approximate surface area is 153 Å². The quantitative estimate of drug-likeness (QED) is 0.846. The van der Waals surface area contributed by atoms with Gasteiger partial charge in [-0.3, -0.25) is 9.69 Å². The van der Waals surface area contributed by atoms with Crippen molar-refractivity contribution in [3.8, 4) is 6.07 Å². The molecular formula is C20H23N3OS. The van der Waals surface area contributed by atoms with Crippen LogP contribution in [0.1, 0.15) is 35.9 Å². The zero-order valence-corrected chi connectivity index (χ0v) is 15.7. The highest BCUT2D eigenvalue weighted by Crippen LogP contribution is 2.37. The Kier molecular flexibility index (Phi) is 4.94. The average Bonchev–Trinajstić information content (AvgIpc) is 3.10. The van der Waals surface area contributed by atoms with Crippen molar-refractivity contribution < 1.29 is 4.79 Å². The standard InChI is InChI=1S/C20H23N3OS/c1-20(2,14-21)22(3)18(24)13-23-11-9-17-16(10-12-25-17)19(23)15-7-5-4-6-8-15/h4-8,10,12,19H,9,11,13H2,1-3H3. The highest BCUT2D eigenvalue weighted by molar-refractivity contribution is 7.10. The molecule has 1 aromatic heterocycles. The number of carbonyl (C=O) groups excluding carboxylic acids is 1. The van der Waals surface area contributed by atoms with Crippen LogP contribution < -0.4 is 0 Å².